The van der Waals surface area contributed by atoms with Gasteiger partial charge in [-0.05, 0) is 12.1 Å². The first-order valence-electron chi connectivity index (χ1n) is 4.31. The van der Waals surface area contributed by atoms with Crippen LogP contribution in [0.4, 0.5) is 0 Å². The molecule has 0 aromatic heterocycles. The zero-order valence-corrected chi connectivity index (χ0v) is 7.73. The molecule has 0 bridgehead atoms. The predicted molar refractivity (Wildman–Crippen MR) is 48.1 cm³/mol. The van der Waals surface area contributed by atoms with Gasteiger partial charge < -0.3 is 14.2 Å². The van der Waals surface area contributed by atoms with Crippen LogP contribution in [0.1, 0.15) is 6.92 Å². The Morgan fingerprint density at radius 3 is 2.86 bits per heavy atom. The van der Waals surface area contributed by atoms with Crippen LogP contribution in [0, 0.1) is 0 Å². The maximum atomic E-state index is 10.7. The van der Waals surface area contributed by atoms with Gasteiger partial charge in [0.1, 0.15) is 0 Å². The monoisotopic (exact) mass is 194 g/mol. The summed E-state index contributed by atoms with van der Waals surface area (Å²) in [6.07, 6.45) is -0.637. The molecule has 1 heterocycles. The fourth-order valence-corrected chi connectivity index (χ4v) is 1.24. The number of para-hydroxylation sites is 2. The second kappa shape index (κ2) is 3.57. The second-order valence-corrected chi connectivity index (χ2v) is 2.91. The van der Waals surface area contributed by atoms with E-state index in [4.69, 9.17) is 14.2 Å². The molecule has 1 aromatic carbocycles. The van der Waals surface area contributed by atoms with Crippen molar-refractivity contribution in [2.24, 2.45) is 0 Å². The molecule has 1 aromatic rings. The zero-order chi connectivity index (χ0) is 9.97. The van der Waals surface area contributed by atoms with Gasteiger partial charge in [-0.1, -0.05) is 12.1 Å². The standard InChI is InChI=1S/C10H10O4/c1-7(11)13-10-6-12-8-4-2-3-5-9(8)14-10/h2-5,10H,6H2,1H3/t10-/m1/s1. The van der Waals surface area contributed by atoms with Gasteiger partial charge in [0.2, 0.25) is 0 Å². The van der Waals surface area contributed by atoms with Crippen LogP contribution >= 0.6 is 0 Å². The highest BCUT2D eigenvalue weighted by Crippen LogP contribution is 2.30. The third-order valence-electron chi connectivity index (χ3n) is 1.78. The van der Waals surface area contributed by atoms with Gasteiger partial charge in [0.15, 0.2) is 18.1 Å². The summed E-state index contributed by atoms with van der Waals surface area (Å²) in [5.41, 5.74) is 0. The van der Waals surface area contributed by atoms with E-state index in [0.717, 1.165) is 0 Å². The number of benzene rings is 1. The Hall–Kier alpha value is -1.71. The lowest BCUT2D eigenvalue weighted by molar-refractivity contribution is -0.168. The SMILES string of the molecule is CC(=O)O[C@H]1COc2ccccc2O1. The van der Waals surface area contributed by atoms with Crippen LogP contribution in [0.15, 0.2) is 24.3 Å². The van der Waals surface area contributed by atoms with Crippen LogP contribution in [0.5, 0.6) is 11.5 Å². The number of fused-ring (bicyclic) bond motifs is 1. The van der Waals surface area contributed by atoms with Crippen LogP contribution in [0.2, 0.25) is 0 Å². The van der Waals surface area contributed by atoms with E-state index in [1.165, 1.54) is 6.92 Å². The highest BCUT2D eigenvalue weighted by molar-refractivity contribution is 5.66. The molecule has 0 N–H and O–H groups in total. The van der Waals surface area contributed by atoms with Gasteiger partial charge in [-0.15, -0.1) is 0 Å². The molecule has 4 heteroatoms. The molecule has 0 aliphatic carbocycles. The van der Waals surface area contributed by atoms with Crippen LogP contribution in [0.25, 0.3) is 0 Å². The van der Waals surface area contributed by atoms with Crippen molar-refractivity contribution in [1.29, 1.82) is 0 Å². The first kappa shape index (κ1) is 8.87. The van der Waals surface area contributed by atoms with E-state index in [9.17, 15) is 4.79 Å². The van der Waals surface area contributed by atoms with Gasteiger partial charge in [0.05, 0.1) is 0 Å². The Morgan fingerprint density at radius 2 is 2.14 bits per heavy atom. The van der Waals surface area contributed by atoms with Crippen molar-refractivity contribution < 1.29 is 19.0 Å². The van der Waals surface area contributed by atoms with Crippen molar-refractivity contribution in [1.82, 2.24) is 0 Å². The summed E-state index contributed by atoms with van der Waals surface area (Å²) >= 11 is 0. The highest BCUT2D eigenvalue weighted by Gasteiger charge is 2.22. The number of rotatable bonds is 1. The normalized spacial score (nSPS) is 18.8. The predicted octanol–water partition coefficient (Wildman–Crippen LogP) is 1.35. The van der Waals surface area contributed by atoms with Crippen molar-refractivity contribution in [2.75, 3.05) is 6.61 Å². The Labute approximate surface area is 81.4 Å². The molecule has 1 atom stereocenters. The minimum atomic E-state index is -0.637. The molecular weight excluding hydrogens is 184 g/mol. The molecule has 0 spiro atoms. The molecule has 0 saturated carbocycles. The molecule has 1 aliphatic rings. The minimum absolute atomic E-state index is 0.233. The zero-order valence-electron chi connectivity index (χ0n) is 7.73. The topological polar surface area (TPSA) is 44.8 Å². The number of esters is 1. The lowest BCUT2D eigenvalue weighted by Crippen LogP contribution is -2.33. The first-order chi connectivity index (χ1) is 6.75. The van der Waals surface area contributed by atoms with Gasteiger partial charge in [-0.2, -0.15) is 0 Å². The molecule has 4 nitrogen and oxygen atoms in total. The molecule has 0 radical (unpaired) electrons. The molecule has 0 saturated heterocycles. The number of hydrogen-bond donors (Lipinski definition) is 0. The van der Waals surface area contributed by atoms with E-state index in [1.54, 1.807) is 12.1 Å². The Kier molecular flexibility index (Phi) is 2.26. The summed E-state index contributed by atoms with van der Waals surface area (Å²) in [5.74, 6) is 0.902. The molecule has 0 fully saturated rings. The van der Waals surface area contributed by atoms with E-state index in [2.05, 4.69) is 0 Å². The summed E-state index contributed by atoms with van der Waals surface area (Å²) < 4.78 is 15.6. The van der Waals surface area contributed by atoms with E-state index < -0.39 is 6.29 Å². The van der Waals surface area contributed by atoms with Crippen LogP contribution in [0.3, 0.4) is 0 Å². The van der Waals surface area contributed by atoms with E-state index >= 15 is 0 Å². The average Bonchev–Trinajstić information content (AvgIpc) is 2.17. The number of carbonyl (C=O) groups excluding carboxylic acids is 1. The summed E-state index contributed by atoms with van der Waals surface area (Å²) in [6, 6.07) is 7.26. The number of hydrogen-bond acceptors (Lipinski definition) is 4. The van der Waals surface area contributed by atoms with E-state index in [1.807, 2.05) is 12.1 Å². The Balaban J connectivity index is 2.09. The third-order valence-corrected chi connectivity index (χ3v) is 1.78. The van der Waals surface area contributed by atoms with Crippen molar-refractivity contribution in [3.05, 3.63) is 24.3 Å². The van der Waals surface area contributed by atoms with Crippen molar-refractivity contribution in [2.45, 2.75) is 13.2 Å². The summed E-state index contributed by atoms with van der Waals surface area (Å²) in [4.78, 5) is 10.7. The van der Waals surface area contributed by atoms with Crippen molar-refractivity contribution in [3.8, 4) is 11.5 Å². The third kappa shape index (κ3) is 1.79. The summed E-state index contributed by atoms with van der Waals surface area (Å²) in [6.45, 7) is 1.57. The first-order valence-corrected chi connectivity index (χ1v) is 4.31. The van der Waals surface area contributed by atoms with Gasteiger partial charge in [0.25, 0.3) is 6.29 Å². The maximum Gasteiger partial charge on any atom is 0.305 e. The van der Waals surface area contributed by atoms with Gasteiger partial charge >= 0.3 is 5.97 Å². The fraction of sp³-hybridized carbons (Fsp3) is 0.300. The number of ether oxygens (including phenoxy) is 3. The molecule has 0 amide bonds. The maximum absolute atomic E-state index is 10.7. The second-order valence-electron chi connectivity index (χ2n) is 2.91. The Morgan fingerprint density at radius 1 is 1.43 bits per heavy atom. The van der Waals surface area contributed by atoms with Gasteiger partial charge in [0, 0.05) is 6.92 Å². The highest BCUT2D eigenvalue weighted by atomic mass is 16.7. The Bertz CT molecular complexity index is 348. The lowest BCUT2D eigenvalue weighted by Gasteiger charge is -2.25. The molecule has 2 rings (SSSR count). The van der Waals surface area contributed by atoms with Crippen LogP contribution in [-0.2, 0) is 9.53 Å². The van der Waals surface area contributed by atoms with Crippen molar-refractivity contribution in [3.63, 3.8) is 0 Å². The van der Waals surface area contributed by atoms with Crippen LogP contribution in [-0.4, -0.2) is 18.9 Å². The number of carbonyl (C=O) groups is 1. The molecule has 1 aliphatic heterocycles. The van der Waals surface area contributed by atoms with Crippen molar-refractivity contribution >= 4 is 5.97 Å². The minimum Gasteiger partial charge on any atom is -0.482 e. The van der Waals surface area contributed by atoms with Gasteiger partial charge in [-0.3, -0.25) is 4.79 Å². The molecule has 74 valence electrons. The largest absolute Gasteiger partial charge is 0.482 e. The molecule has 14 heavy (non-hydrogen) atoms. The quantitative estimate of drug-likeness (QED) is 0.633. The van der Waals surface area contributed by atoms with Gasteiger partial charge in [-0.25, -0.2) is 0 Å². The summed E-state index contributed by atoms with van der Waals surface area (Å²) in [7, 11) is 0. The fourth-order valence-electron chi connectivity index (χ4n) is 1.24. The molecule has 0 unspecified atom stereocenters. The average molecular weight is 194 g/mol. The van der Waals surface area contributed by atoms with E-state index in [-0.39, 0.29) is 12.6 Å². The van der Waals surface area contributed by atoms with Crippen LogP contribution < -0.4 is 9.47 Å². The summed E-state index contributed by atoms with van der Waals surface area (Å²) in [5, 5.41) is 0. The smallest absolute Gasteiger partial charge is 0.305 e. The van der Waals surface area contributed by atoms with E-state index in [0.29, 0.717) is 11.5 Å². The lowest BCUT2D eigenvalue weighted by atomic mass is 10.3. The molecular formula is C10H10O4.